The largest absolute Gasteiger partial charge is 0.394 e. The Bertz CT molecular complexity index is 1600. The predicted octanol–water partition coefficient (Wildman–Crippen LogP) is 1.96. The van der Waals surface area contributed by atoms with E-state index in [0.29, 0.717) is 48.5 Å². The van der Waals surface area contributed by atoms with E-state index in [9.17, 15) is 40.9 Å². The van der Waals surface area contributed by atoms with Crippen molar-refractivity contribution in [2.75, 3.05) is 12.4 Å². The lowest BCUT2D eigenvalue weighted by atomic mass is 9.47. The van der Waals surface area contributed by atoms with Crippen molar-refractivity contribution < 1.29 is 74.0 Å². The molecule has 8 fully saturated rings. The maximum absolute atomic E-state index is 12.0. The maximum Gasteiger partial charge on any atom is 0.187 e. The molecular weight excluding hydrogens is 813 g/mol. The van der Waals surface area contributed by atoms with Gasteiger partial charge in [-0.25, -0.2) is 0 Å². The average molecular weight is 885 g/mol. The van der Waals surface area contributed by atoms with Crippen LogP contribution in [-0.2, 0) is 33.2 Å². The first-order valence-corrected chi connectivity index (χ1v) is 24.2. The fraction of sp³-hybridized carbons (Fsp3) is 0.956. The number of ether oxygens (including phenoxy) is 7. The van der Waals surface area contributed by atoms with Crippen LogP contribution in [0.3, 0.4) is 0 Å². The summed E-state index contributed by atoms with van der Waals surface area (Å²) in [4.78, 5) is -0.0194. The summed E-state index contributed by atoms with van der Waals surface area (Å²) < 4.78 is 43.8. The number of aliphatic hydroxyl groups is 8. The average Bonchev–Trinajstić information content (AvgIpc) is 3.69. The molecular formula is C45H72O15S. The van der Waals surface area contributed by atoms with Gasteiger partial charge in [0.25, 0.3) is 0 Å². The highest BCUT2D eigenvalue weighted by atomic mass is 32.2. The van der Waals surface area contributed by atoms with Crippen LogP contribution < -0.4 is 0 Å². The Morgan fingerprint density at radius 3 is 1.98 bits per heavy atom. The van der Waals surface area contributed by atoms with Gasteiger partial charge in [-0.1, -0.05) is 39.3 Å². The van der Waals surface area contributed by atoms with Crippen molar-refractivity contribution in [3.63, 3.8) is 0 Å². The molecule has 8 N–H and O–H groups in total. The molecule has 0 bridgehead atoms. The van der Waals surface area contributed by atoms with E-state index in [1.807, 2.05) is 0 Å². The highest BCUT2D eigenvalue weighted by Gasteiger charge is 2.68. The van der Waals surface area contributed by atoms with Crippen LogP contribution in [0, 0.1) is 46.3 Å². The van der Waals surface area contributed by atoms with E-state index >= 15 is 0 Å². The van der Waals surface area contributed by atoms with Gasteiger partial charge in [0.1, 0.15) is 66.0 Å². The third-order valence-electron chi connectivity index (χ3n) is 17.6. The summed E-state index contributed by atoms with van der Waals surface area (Å²) in [6.07, 6.45) is -9.64. The van der Waals surface area contributed by atoms with Crippen molar-refractivity contribution in [1.29, 1.82) is 0 Å². The van der Waals surface area contributed by atoms with E-state index in [1.54, 1.807) is 0 Å². The van der Waals surface area contributed by atoms with Crippen molar-refractivity contribution in [3.8, 4) is 0 Å². The molecule has 15 nitrogen and oxygen atoms in total. The Balaban J connectivity index is 0.916. The van der Waals surface area contributed by atoms with Crippen LogP contribution in [0.15, 0.2) is 11.6 Å². The molecule has 0 aromatic heterocycles. The molecule has 0 unspecified atom stereocenters. The van der Waals surface area contributed by atoms with Crippen LogP contribution in [0.5, 0.6) is 0 Å². The van der Waals surface area contributed by atoms with Gasteiger partial charge in [0.2, 0.25) is 0 Å². The molecule has 16 heteroatoms. The van der Waals surface area contributed by atoms with E-state index in [0.717, 1.165) is 25.2 Å². The Morgan fingerprint density at radius 1 is 0.705 bits per heavy atom. The van der Waals surface area contributed by atoms with Gasteiger partial charge in [0, 0.05) is 5.92 Å². The van der Waals surface area contributed by atoms with Crippen molar-refractivity contribution in [1.82, 2.24) is 0 Å². The number of hydrogen-bond donors (Lipinski definition) is 8. The maximum atomic E-state index is 12.0. The summed E-state index contributed by atoms with van der Waals surface area (Å²) in [6, 6.07) is 0. The molecule has 0 radical (unpaired) electrons. The van der Waals surface area contributed by atoms with Crippen molar-refractivity contribution in [2.24, 2.45) is 46.3 Å². The van der Waals surface area contributed by atoms with Gasteiger partial charge in [-0.3, -0.25) is 0 Å². The van der Waals surface area contributed by atoms with Gasteiger partial charge in [-0.15, -0.1) is 11.8 Å². The monoisotopic (exact) mass is 884 g/mol. The van der Waals surface area contributed by atoms with Crippen molar-refractivity contribution >= 4 is 11.8 Å². The van der Waals surface area contributed by atoms with Crippen LogP contribution in [-0.4, -0.2) is 162 Å². The second kappa shape index (κ2) is 17.0. The predicted molar refractivity (Wildman–Crippen MR) is 219 cm³/mol. The quantitative estimate of drug-likeness (QED) is 0.171. The molecule has 1 spiro atoms. The number of rotatable bonds is 7. The Morgan fingerprint density at radius 2 is 1.36 bits per heavy atom. The number of thioether (sulfide) groups is 1. The first-order valence-electron chi connectivity index (χ1n) is 23.2. The zero-order valence-electron chi connectivity index (χ0n) is 36.5. The molecule has 348 valence electrons. The Kier molecular flexibility index (Phi) is 12.7. The highest BCUT2D eigenvalue weighted by Crippen LogP contribution is 2.71. The lowest BCUT2D eigenvalue weighted by molar-refractivity contribution is -0.388. The minimum absolute atomic E-state index is 0.00351. The molecule has 5 heterocycles. The van der Waals surface area contributed by atoms with Gasteiger partial charge < -0.3 is 74.0 Å². The zero-order valence-corrected chi connectivity index (χ0v) is 37.3. The Labute approximate surface area is 363 Å². The number of fused-ring (bicyclic) bond motifs is 7. The molecule has 0 aromatic carbocycles. The van der Waals surface area contributed by atoms with Crippen molar-refractivity contribution in [2.45, 2.75) is 209 Å². The molecule has 0 aromatic rings. The van der Waals surface area contributed by atoms with Crippen LogP contribution in [0.25, 0.3) is 0 Å². The SMILES string of the molecule is C[C@@H]1CC[C@]2(O[C@H]3C[C@H]4[C@@H]5CC=C6C[C@@H](O[C@H]7O[C@H](CO)[C@@H](O[C@@H]8O[C@@H](C)[C@H](O)[C@@H](O)[C@H]8O)[C@H](O)[C@H]7O[C@@H]7O[C@@H](C)[C@H](O)[C@@H](O)[C@H]7O)CC[C@]6(C)[C@H]5CC[C@]4(C)[C@H]3[C@@H]2C)SC1. The topological polar surface area (TPSA) is 226 Å². The van der Waals surface area contributed by atoms with Gasteiger partial charge in [-0.2, -0.15) is 0 Å². The molecule has 9 aliphatic rings. The fourth-order valence-electron chi connectivity index (χ4n) is 14.0. The van der Waals surface area contributed by atoms with E-state index in [4.69, 9.17) is 33.2 Å². The van der Waals surface area contributed by atoms with Crippen molar-refractivity contribution in [3.05, 3.63) is 11.6 Å². The number of hydrogen-bond acceptors (Lipinski definition) is 16. The standard InChI is InChI=1S/C45H72O15S/c1-19-9-14-45(61-18-19)20(2)30-28(60-45)16-27-25-8-7-23-15-24(10-12-43(23,5)26(25)11-13-44(27,30)6)56-42-39(59-41-36(52)34(50)32(48)22(4)55-41)37(53)38(29(17-46)57-42)58-40-35(51)33(49)31(47)21(3)54-40/h7,19-22,24-42,46-53H,8-18H2,1-6H3/t19-,20+,21+,22+,24+,25-,26+,27+,28+,29-,30+,31+,32+,33-,34-,35-,36-,37+,38-,39-,40+,41+,42+,43+,44+,45+/m1/s1. The fourth-order valence-corrected chi connectivity index (χ4v) is 15.6. The van der Waals surface area contributed by atoms with Gasteiger partial charge in [0.05, 0.1) is 31.0 Å². The summed E-state index contributed by atoms with van der Waals surface area (Å²) >= 11 is 2.09. The van der Waals surface area contributed by atoms with Gasteiger partial charge in [0.15, 0.2) is 18.9 Å². The molecule has 5 saturated heterocycles. The first-order chi connectivity index (χ1) is 28.9. The summed E-state index contributed by atoms with van der Waals surface area (Å²) in [6.45, 7) is 12.3. The highest BCUT2D eigenvalue weighted by molar-refractivity contribution is 8.00. The molecule has 26 atom stereocenters. The third-order valence-corrected chi connectivity index (χ3v) is 19.5. The second-order valence-corrected chi connectivity index (χ2v) is 22.4. The van der Waals surface area contributed by atoms with Crippen LogP contribution in [0.2, 0.25) is 0 Å². The molecule has 5 aliphatic heterocycles. The minimum atomic E-state index is -1.70. The van der Waals surface area contributed by atoms with Gasteiger partial charge in [-0.05, 0) is 118 Å². The first kappa shape index (κ1) is 45.6. The third kappa shape index (κ3) is 7.54. The minimum Gasteiger partial charge on any atom is -0.394 e. The lowest BCUT2D eigenvalue weighted by Crippen LogP contribution is -2.66. The summed E-state index contributed by atoms with van der Waals surface area (Å²) in [5, 5.41) is 85.9. The molecule has 61 heavy (non-hydrogen) atoms. The second-order valence-electron chi connectivity index (χ2n) is 21.1. The Hall–Kier alpha value is -0.510. The molecule has 4 aliphatic carbocycles. The summed E-state index contributed by atoms with van der Waals surface area (Å²) in [5.41, 5.74) is 1.64. The van der Waals surface area contributed by atoms with E-state index in [-0.39, 0.29) is 21.9 Å². The number of allylic oxidation sites excluding steroid dienone is 1. The van der Waals surface area contributed by atoms with Gasteiger partial charge >= 0.3 is 0 Å². The molecule has 0 amide bonds. The summed E-state index contributed by atoms with van der Waals surface area (Å²) in [7, 11) is 0. The molecule has 9 rings (SSSR count). The van der Waals surface area contributed by atoms with Crippen LogP contribution >= 0.6 is 11.8 Å². The van der Waals surface area contributed by atoms with Crippen LogP contribution in [0.4, 0.5) is 0 Å². The van der Waals surface area contributed by atoms with E-state index in [2.05, 4.69) is 45.5 Å². The van der Waals surface area contributed by atoms with E-state index in [1.165, 1.54) is 50.9 Å². The lowest BCUT2D eigenvalue weighted by Gasteiger charge is -2.59. The zero-order chi connectivity index (χ0) is 43.5. The smallest absolute Gasteiger partial charge is 0.187 e. The molecule has 3 saturated carbocycles. The summed E-state index contributed by atoms with van der Waals surface area (Å²) in [5.74, 6) is 4.85. The normalized spacial score (nSPS) is 58.4. The number of aliphatic hydroxyl groups excluding tert-OH is 8. The van der Waals surface area contributed by atoms with E-state index < -0.39 is 98.7 Å². The van der Waals surface area contributed by atoms with Crippen LogP contribution in [0.1, 0.15) is 99.3 Å².